The van der Waals surface area contributed by atoms with Gasteiger partial charge in [0.15, 0.2) is 0 Å². The normalized spacial score (nSPS) is 25.4. The second-order valence-electron chi connectivity index (χ2n) is 2.63. The fraction of sp³-hybridized carbons (Fsp3) is 1.00. The predicted molar refractivity (Wildman–Crippen MR) is 39.0 cm³/mol. The first kappa shape index (κ1) is 7.06. The topological polar surface area (TPSA) is 40.9 Å². The zero-order valence-corrected chi connectivity index (χ0v) is 6.54. The monoisotopic (exact) mass is 147 g/mol. The zero-order chi connectivity index (χ0) is 6.91. The fourth-order valence-corrected chi connectivity index (χ4v) is 2.76. The Kier molecular flexibility index (Phi) is 1.80. The lowest BCUT2D eigenvalue weighted by Gasteiger charge is -2.00. The summed E-state index contributed by atoms with van der Waals surface area (Å²) in [6, 6.07) is 0. The van der Waals surface area contributed by atoms with E-state index in [0.717, 1.165) is 19.3 Å². The lowest BCUT2D eigenvalue weighted by Crippen LogP contribution is -2.08. The molecule has 0 heterocycles. The molecule has 1 atom stereocenters. The van der Waals surface area contributed by atoms with E-state index in [1.807, 2.05) is 6.92 Å². The maximum atomic E-state index is 11.2. The molecule has 1 N–H and O–H groups in total. The largest absolute Gasteiger partial charge is 0.253 e. The highest BCUT2D eigenvalue weighted by Crippen LogP contribution is 2.29. The number of nitrogens with one attached hydrogen (secondary N) is 1. The molecule has 0 radical (unpaired) electrons. The molecule has 1 aliphatic carbocycles. The molecule has 1 rings (SSSR count). The van der Waals surface area contributed by atoms with Crippen molar-refractivity contribution in [2.24, 2.45) is 0 Å². The first-order valence-electron chi connectivity index (χ1n) is 3.42. The van der Waals surface area contributed by atoms with Crippen LogP contribution in [0.25, 0.3) is 0 Å². The molecule has 0 aromatic heterocycles. The molecular formula is C6H13NOS. The van der Waals surface area contributed by atoms with Crippen LogP contribution in [-0.2, 0) is 9.73 Å². The summed E-state index contributed by atoms with van der Waals surface area (Å²) >= 11 is 0. The highest BCUT2D eigenvalue weighted by molar-refractivity contribution is 7.93. The van der Waals surface area contributed by atoms with Crippen LogP contribution in [0.5, 0.6) is 0 Å². The van der Waals surface area contributed by atoms with Gasteiger partial charge in [0.25, 0.3) is 0 Å². The fourth-order valence-electron chi connectivity index (χ4n) is 0.919. The summed E-state index contributed by atoms with van der Waals surface area (Å²) in [5, 5.41) is 0.262. The number of hydrogen-bond acceptors (Lipinski definition) is 2. The Bertz CT molecular complexity index is 179. The van der Waals surface area contributed by atoms with Crippen molar-refractivity contribution >= 4 is 9.73 Å². The van der Waals surface area contributed by atoms with Crippen molar-refractivity contribution in [2.45, 2.75) is 31.4 Å². The summed E-state index contributed by atoms with van der Waals surface area (Å²) in [6.07, 6.45) is 2.95. The van der Waals surface area contributed by atoms with Gasteiger partial charge in [-0.3, -0.25) is 4.78 Å². The number of hydrogen-bond donors (Lipinski definition) is 1. The molecule has 9 heavy (non-hydrogen) atoms. The van der Waals surface area contributed by atoms with Crippen molar-refractivity contribution in [1.29, 1.82) is 4.78 Å². The molecule has 0 bridgehead atoms. The summed E-state index contributed by atoms with van der Waals surface area (Å²) in [7, 11) is -2.14. The predicted octanol–water partition coefficient (Wildman–Crippen LogP) is 1.61. The quantitative estimate of drug-likeness (QED) is 0.647. The SMILES string of the molecule is CCCS(=N)(=O)C1CC1. The Hall–Kier alpha value is -0.0500. The average Bonchev–Trinajstić information content (AvgIpc) is 2.41. The van der Waals surface area contributed by atoms with Gasteiger partial charge in [-0.2, -0.15) is 0 Å². The van der Waals surface area contributed by atoms with E-state index in [9.17, 15) is 4.21 Å². The van der Waals surface area contributed by atoms with Crippen molar-refractivity contribution in [3.8, 4) is 0 Å². The molecule has 54 valence electrons. The van der Waals surface area contributed by atoms with Gasteiger partial charge in [0, 0.05) is 20.7 Å². The minimum absolute atomic E-state index is 0.262. The molecule has 3 heteroatoms. The molecular weight excluding hydrogens is 134 g/mol. The maximum Gasteiger partial charge on any atom is 0.0470 e. The molecule has 0 aromatic rings. The third kappa shape index (κ3) is 1.68. The minimum atomic E-state index is -2.14. The van der Waals surface area contributed by atoms with Gasteiger partial charge in [-0.15, -0.1) is 0 Å². The van der Waals surface area contributed by atoms with Gasteiger partial charge in [0.2, 0.25) is 0 Å². The van der Waals surface area contributed by atoms with Crippen molar-refractivity contribution in [3.63, 3.8) is 0 Å². The van der Waals surface area contributed by atoms with Gasteiger partial charge < -0.3 is 0 Å². The van der Waals surface area contributed by atoms with E-state index in [-0.39, 0.29) is 5.25 Å². The molecule has 0 saturated heterocycles. The first-order valence-corrected chi connectivity index (χ1v) is 5.21. The molecule has 0 spiro atoms. The van der Waals surface area contributed by atoms with Crippen molar-refractivity contribution < 1.29 is 4.21 Å². The van der Waals surface area contributed by atoms with Crippen LogP contribution < -0.4 is 0 Å². The second-order valence-corrected chi connectivity index (χ2v) is 5.16. The molecule has 1 saturated carbocycles. The van der Waals surface area contributed by atoms with Crippen LogP contribution in [0.1, 0.15) is 26.2 Å². The van der Waals surface area contributed by atoms with E-state index in [2.05, 4.69) is 0 Å². The van der Waals surface area contributed by atoms with Crippen molar-refractivity contribution in [2.75, 3.05) is 5.75 Å². The summed E-state index contributed by atoms with van der Waals surface area (Å²) in [5.74, 6) is 0.609. The van der Waals surface area contributed by atoms with Crippen molar-refractivity contribution in [1.82, 2.24) is 0 Å². The van der Waals surface area contributed by atoms with Crippen LogP contribution in [0, 0.1) is 4.78 Å². The van der Waals surface area contributed by atoms with Gasteiger partial charge in [0.05, 0.1) is 0 Å². The number of rotatable bonds is 3. The Balaban J connectivity index is 2.51. The van der Waals surface area contributed by atoms with Gasteiger partial charge in [-0.1, -0.05) is 6.92 Å². The standard InChI is InChI=1S/C6H13NOS/c1-2-5-9(7,8)6-3-4-6/h6-7H,2-5H2,1H3. The van der Waals surface area contributed by atoms with E-state index in [0.29, 0.717) is 5.75 Å². The highest BCUT2D eigenvalue weighted by atomic mass is 32.2. The Morgan fingerprint density at radius 1 is 1.67 bits per heavy atom. The molecule has 1 fully saturated rings. The molecule has 1 aliphatic rings. The Morgan fingerprint density at radius 2 is 2.22 bits per heavy atom. The molecule has 0 aromatic carbocycles. The van der Waals surface area contributed by atoms with E-state index in [1.54, 1.807) is 0 Å². The van der Waals surface area contributed by atoms with Gasteiger partial charge in [-0.25, -0.2) is 4.21 Å². The third-order valence-corrected chi connectivity index (χ3v) is 4.13. The van der Waals surface area contributed by atoms with Crippen LogP contribution in [0.2, 0.25) is 0 Å². The lowest BCUT2D eigenvalue weighted by atomic mass is 10.6. The van der Waals surface area contributed by atoms with E-state index >= 15 is 0 Å². The van der Waals surface area contributed by atoms with Gasteiger partial charge in [0.1, 0.15) is 0 Å². The van der Waals surface area contributed by atoms with Crippen LogP contribution in [-0.4, -0.2) is 15.2 Å². The summed E-state index contributed by atoms with van der Waals surface area (Å²) < 4.78 is 18.6. The smallest absolute Gasteiger partial charge is 0.0470 e. The van der Waals surface area contributed by atoms with E-state index in [4.69, 9.17) is 4.78 Å². The molecule has 2 nitrogen and oxygen atoms in total. The molecule has 0 aliphatic heterocycles. The third-order valence-electron chi connectivity index (χ3n) is 1.57. The van der Waals surface area contributed by atoms with Crippen LogP contribution in [0.4, 0.5) is 0 Å². The Labute approximate surface area is 56.6 Å². The van der Waals surface area contributed by atoms with E-state index in [1.165, 1.54) is 0 Å². The Morgan fingerprint density at radius 3 is 2.56 bits per heavy atom. The van der Waals surface area contributed by atoms with E-state index < -0.39 is 9.73 Å². The van der Waals surface area contributed by atoms with Gasteiger partial charge in [-0.05, 0) is 19.3 Å². The minimum Gasteiger partial charge on any atom is -0.253 e. The zero-order valence-electron chi connectivity index (χ0n) is 5.72. The summed E-state index contributed by atoms with van der Waals surface area (Å²) in [5.41, 5.74) is 0. The average molecular weight is 147 g/mol. The summed E-state index contributed by atoms with van der Waals surface area (Å²) in [6.45, 7) is 1.98. The van der Waals surface area contributed by atoms with Crippen molar-refractivity contribution in [3.05, 3.63) is 0 Å². The maximum absolute atomic E-state index is 11.2. The molecule has 1 unspecified atom stereocenters. The van der Waals surface area contributed by atoms with Gasteiger partial charge >= 0.3 is 0 Å². The summed E-state index contributed by atoms with van der Waals surface area (Å²) in [4.78, 5) is 0. The second kappa shape index (κ2) is 2.29. The lowest BCUT2D eigenvalue weighted by molar-refractivity contribution is 0.672. The first-order chi connectivity index (χ1) is 4.17. The van der Waals surface area contributed by atoms with Crippen LogP contribution >= 0.6 is 0 Å². The van der Waals surface area contributed by atoms with Crippen LogP contribution in [0.3, 0.4) is 0 Å². The van der Waals surface area contributed by atoms with Crippen LogP contribution in [0.15, 0.2) is 0 Å². The highest BCUT2D eigenvalue weighted by Gasteiger charge is 2.31. The molecule has 0 amide bonds.